The first-order valence-corrected chi connectivity index (χ1v) is 5.25. The molecule has 5 nitrogen and oxygen atoms in total. The number of anilines is 1. The van der Waals surface area contributed by atoms with E-state index >= 15 is 0 Å². The van der Waals surface area contributed by atoms with Gasteiger partial charge in [-0.1, -0.05) is 12.1 Å². The third kappa shape index (κ3) is 3.88. The standard InChI is InChI=1S/C12H16N2O3/c1-7-3-4-8(2)10(5-7)14-11(15)6-9(13)12(16)17/h3-5,9H,6,13H2,1-2H3,(H,14,15)(H,16,17). The van der Waals surface area contributed by atoms with E-state index < -0.39 is 17.9 Å². The monoisotopic (exact) mass is 236 g/mol. The lowest BCUT2D eigenvalue weighted by Gasteiger charge is -2.10. The lowest BCUT2D eigenvalue weighted by Crippen LogP contribution is -2.34. The van der Waals surface area contributed by atoms with E-state index in [1.165, 1.54) is 0 Å². The van der Waals surface area contributed by atoms with Gasteiger partial charge in [-0.05, 0) is 31.0 Å². The van der Waals surface area contributed by atoms with E-state index in [2.05, 4.69) is 5.32 Å². The Hall–Kier alpha value is -1.88. The number of carboxylic acids is 1. The molecule has 0 aliphatic carbocycles. The van der Waals surface area contributed by atoms with Gasteiger partial charge in [0.2, 0.25) is 5.91 Å². The Morgan fingerprint density at radius 1 is 1.41 bits per heavy atom. The Labute approximate surface area is 99.6 Å². The average Bonchev–Trinajstić information content (AvgIpc) is 2.23. The van der Waals surface area contributed by atoms with Crippen molar-refractivity contribution in [3.8, 4) is 0 Å². The van der Waals surface area contributed by atoms with Gasteiger partial charge in [-0.3, -0.25) is 9.59 Å². The zero-order valence-electron chi connectivity index (χ0n) is 9.86. The lowest BCUT2D eigenvalue weighted by molar-refractivity contribution is -0.140. The van der Waals surface area contributed by atoms with Gasteiger partial charge in [-0.2, -0.15) is 0 Å². The Bertz CT molecular complexity index is 443. The number of rotatable bonds is 4. The molecule has 0 bridgehead atoms. The third-order valence-corrected chi connectivity index (χ3v) is 2.39. The highest BCUT2D eigenvalue weighted by molar-refractivity contribution is 5.94. The van der Waals surface area contributed by atoms with Crippen LogP contribution in [0.15, 0.2) is 18.2 Å². The van der Waals surface area contributed by atoms with Crippen molar-refractivity contribution >= 4 is 17.6 Å². The first kappa shape index (κ1) is 13.2. The number of carbonyl (C=O) groups excluding carboxylic acids is 1. The zero-order valence-corrected chi connectivity index (χ0v) is 9.86. The molecule has 0 spiro atoms. The molecule has 1 unspecified atom stereocenters. The van der Waals surface area contributed by atoms with Crippen LogP contribution in [0.1, 0.15) is 17.5 Å². The fourth-order valence-electron chi connectivity index (χ4n) is 1.36. The molecule has 17 heavy (non-hydrogen) atoms. The van der Waals surface area contributed by atoms with Gasteiger partial charge >= 0.3 is 5.97 Å². The summed E-state index contributed by atoms with van der Waals surface area (Å²) in [6, 6.07) is 4.50. The van der Waals surface area contributed by atoms with Crippen molar-refractivity contribution in [3.05, 3.63) is 29.3 Å². The summed E-state index contributed by atoms with van der Waals surface area (Å²) in [7, 11) is 0. The molecule has 0 radical (unpaired) electrons. The summed E-state index contributed by atoms with van der Waals surface area (Å²) >= 11 is 0. The van der Waals surface area contributed by atoms with E-state index in [1.54, 1.807) is 0 Å². The summed E-state index contributed by atoms with van der Waals surface area (Å²) in [6.07, 6.45) is -0.233. The highest BCUT2D eigenvalue weighted by Gasteiger charge is 2.16. The smallest absolute Gasteiger partial charge is 0.321 e. The van der Waals surface area contributed by atoms with E-state index in [4.69, 9.17) is 10.8 Å². The van der Waals surface area contributed by atoms with Crippen molar-refractivity contribution in [1.82, 2.24) is 0 Å². The van der Waals surface area contributed by atoms with Crippen LogP contribution in [0.2, 0.25) is 0 Å². The minimum atomic E-state index is -1.18. The van der Waals surface area contributed by atoms with Crippen LogP contribution in [-0.2, 0) is 9.59 Å². The molecule has 0 aliphatic rings. The molecule has 1 rings (SSSR count). The van der Waals surface area contributed by atoms with Crippen molar-refractivity contribution < 1.29 is 14.7 Å². The summed E-state index contributed by atoms with van der Waals surface area (Å²) in [5.41, 5.74) is 7.91. The van der Waals surface area contributed by atoms with E-state index in [0.29, 0.717) is 5.69 Å². The normalized spacial score (nSPS) is 11.9. The molecular formula is C12H16N2O3. The van der Waals surface area contributed by atoms with Crippen LogP contribution in [0.4, 0.5) is 5.69 Å². The topological polar surface area (TPSA) is 92.4 Å². The molecule has 1 atom stereocenters. The number of aryl methyl sites for hydroxylation is 2. The maximum absolute atomic E-state index is 11.5. The van der Waals surface area contributed by atoms with Gasteiger partial charge in [-0.25, -0.2) is 0 Å². The Morgan fingerprint density at radius 3 is 2.65 bits per heavy atom. The molecule has 0 heterocycles. The Morgan fingerprint density at radius 2 is 2.06 bits per heavy atom. The van der Waals surface area contributed by atoms with Crippen LogP contribution < -0.4 is 11.1 Å². The number of nitrogens with one attached hydrogen (secondary N) is 1. The molecule has 1 aromatic carbocycles. The fraction of sp³-hybridized carbons (Fsp3) is 0.333. The average molecular weight is 236 g/mol. The molecular weight excluding hydrogens is 220 g/mol. The van der Waals surface area contributed by atoms with Gasteiger partial charge in [0.05, 0.1) is 6.42 Å². The van der Waals surface area contributed by atoms with E-state index in [-0.39, 0.29) is 6.42 Å². The Balaban J connectivity index is 2.68. The second-order valence-corrected chi connectivity index (χ2v) is 4.02. The highest BCUT2D eigenvalue weighted by atomic mass is 16.4. The highest BCUT2D eigenvalue weighted by Crippen LogP contribution is 2.16. The van der Waals surface area contributed by atoms with Gasteiger partial charge in [-0.15, -0.1) is 0 Å². The number of carboxylic acid groups (broad SMARTS) is 1. The first-order chi connectivity index (χ1) is 7.90. The minimum absolute atomic E-state index is 0.233. The van der Waals surface area contributed by atoms with Crippen molar-refractivity contribution in [3.63, 3.8) is 0 Å². The zero-order chi connectivity index (χ0) is 13.0. The second kappa shape index (κ2) is 5.45. The third-order valence-electron chi connectivity index (χ3n) is 2.39. The van der Waals surface area contributed by atoms with Gasteiger partial charge in [0.15, 0.2) is 0 Å². The number of aliphatic carboxylic acids is 1. The van der Waals surface area contributed by atoms with Crippen LogP contribution in [-0.4, -0.2) is 23.0 Å². The van der Waals surface area contributed by atoms with Gasteiger partial charge in [0, 0.05) is 5.69 Å². The summed E-state index contributed by atoms with van der Waals surface area (Å²) in [4.78, 5) is 22.0. The summed E-state index contributed by atoms with van der Waals surface area (Å²) in [5.74, 6) is -1.57. The van der Waals surface area contributed by atoms with Gasteiger partial charge < -0.3 is 16.2 Å². The number of hydrogen-bond acceptors (Lipinski definition) is 3. The lowest BCUT2D eigenvalue weighted by atomic mass is 10.1. The molecule has 92 valence electrons. The molecule has 4 N–H and O–H groups in total. The molecule has 0 aliphatic heterocycles. The van der Waals surface area contributed by atoms with Crippen LogP contribution in [0.25, 0.3) is 0 Å². The number of hydrogen-bond donors (Lipinski definition) is 3. The van der Waals surface area contributed by atoms with Crippen molar-refractivity contribution in [2.24, 2.45) is 5.73 Å². The Kier molecular flexibility index (Phi) is 4.23. The van der Waals surface area contributed by atoms with Gasteiger partial charge in [0.25, 0.3) is 0 Å². The molecule has 0 fully saturated rings. The molecule has 5 heteroatoms. The minimum Gasteiger partial charge on any atom is -0.480 e. The van der Waals surface area contributed by atoms with Gasteiger partial charge in [0.1, 0.15) is 6.04 Å². The van der Waals surface area contributed by atoms with Crippen molar-refractivity contribution in [1.29, 1.82) is 0 Å². The quantitative estimate of drug-likeness (QED) is 0.728. The van der Waals surface area contributed by atoms with E-state index in [1.807, 2.05) is 32.0 Å². The number of nitrogens with two attached hydrogens (primary N) is 1. The summed E-state index contributed by atoms with van der Waals surface area (Å²) < 4.78 is 0. The SMILES string of the molecule is Cc1ccc(C)c(NC(=O)CC(N)C(=O)O)c1. The molecule has 0 aromatic heterocycles. The number of benzene rings is 1. The van der Waals surface area contributed by atoms with Crippen LogP contribution in [0, 0.1) is 13.8 Å². The van der Waals surface area contributed by atoms with E-state index in [0.717, 1.165) is 11.1 Å². The fourth-order valence-corrected chi connectivity index (χ4v) is 1.36. The van der Waals surface area contributed by atoms with Crippen molar-refractivity contribution in [2.75, 3.05) is 5.32 Å². The predicted octanol–water partition coefficient (Wildman–Crippen LogP) is 1.04. The number of amides is 1. The first-order valence-electron chi connectivity index (χ1n) is 5.25. The predicted molar refractivity (Wildman–Crippen MR) is 64.8 cm³/mol. The second-order valence-electron chi connectivity index (χ2n) is 4.02. The molecule has 1 amide bonds. The number of carbonyl (C=O) groups is 2. The maximum Gasteiger partial charge on any atom is 0.321 e. The van der Waals surface area contributed by atoms with Crippen LogP contribution >= 0.6 is 0 Å². The van der Waals surface area contributed by atoms with Crippen molar-refractivity contribution in [2.45, 2.75) is 26.3 Å². The summed E-state index contributed by atoms with van der Waals surface area (Å²) in [6.45, 7) is 3.78. The largest absolute Gasteiger partial charge is 0.480 e. The summed E-state index contributed by atoms with van der Waals surface area (Å²) in [5, 5.41) is 11.2. The van der Waals surface area contributed by atoms with Crippen LogP contribution in [0.5, 0.6) is 0 Å². The van der Waals surface area contributed by atoms with Crippen LogP contribution in [0.3, 0.4) is 0 Å². The molecule has 0 saturated heterocycles. The molecule has 1 aromatic rings. The molecule has 0 saturated carbocycles. The van der Waals surface area contributed by atoms with E-state index in [9.17, 15) is 9.59 Å². The maximum atomic E-state index is 11.5.